The zero-order valence-electron chi connectivity index (χ0n) is 10.9. The van der Waals surface area contributed by atoms with Crippen LogP contribution in [0.3, 0.4) is 0 Å². The van der Waals surface area contributed by atoms with E-state index in [1.165, 1.54) is 0 Å². The Morgan fingerprint density at radius 2 is 2.10 bits per heavy atom. The third-order valence-corrected chi connectivity index (χ3v) is 3.19. The van der Waals surface area contributed by atoms with Crippen molar-refractivity contribution < 1.29 is 9.90 Å². The minimum atomic E-state index is -0.934. The second-order valence-corrected chi connectivity index (χ2v) is 4.69. The fraction of sp³-hybridized carbons (Fsp3) is 0.133. The van der Waals surface area contributed by atoms with Crippen molar-refractivity contribution in [1.82, 2.24) is 14.5 Å². The predicted molar refractivity (Wildman–Crippen MR) is 74.8 cm³/mol. The molecule has 0 aliphatic rings. The summed E-state index contributed by atoms with van der Waals surface area (Å²) in [6.45, 7) is 2.56. The Balaban J connectivity index is 2.00. The van der Waals surface area contributed by atoms with E-state index in [4.69, 9.17) is 5.11 Å². The fourth-order valence-electron chi connectivity index (χ4n) is 2.10. The number of aromatic carboxylic acids is 1. The molecular weight excluding hydrogens is 254 g/mol. The summed E-state index contributed by atoms with van der Waals surface area (Å²) >= 11 is 0. The number of carboxylic acid groups (broad SMARTS) is 1. The van der Waals surface area contributed by atoms with Gasteiger partial charge in [-0.25, -0.2) is 9.78 Å². The summed E-state index contributed by atoms with van der Waals surface area (Å²) in [5, 5.41) is 9.05. The molecule has 1 aromatic carbocycles. The summed E-state index contributed by atoms with van der Waals surface area (Å²) in [6, 6.07) is 8.90. The van der Waals surface area contributed by atoms with E-state index in [1.807, 2.05) is 29.8 Å². The van der Waals surface area contributed by atoms with Gasteiger partial charge in [-0.15, -0.1) is 0 Å². The molecule has 5 heteroatoms. The highest BCUT2D eigenvalue weighted by Crippen LogP contribution is 2.16. The number of aryl methyl sites for hydroxylation is 1. The molecule has 0 aliphatic carbocycles. The summed E-state index contributed by atoms with van der Waals surface area (Å²) in [4.78, 5) is 19.6. The highest BCUT2D eigenvalue weighted by Gasteiger charge is 2.08. The topological polar surface area (TPSA) is 68.0 Å². The van der Waals surface area contributed by atoms with Gasteiger partial charge in [-0.1, -0.05) is 6.07 Å². The quantitative estimate of drug-likeness (QED) is 0.791. The van der Waals surface area contributed by atoms with Crippen molar-refractivity contribution in [1.29, 1.82) is 0 Å². The van der Waals surface area contributed by atoms with Crippen molar-refractivity contribution >= 4 is 17.0 Å². The number of nitrogens with zero attached hydrogens (tertiary/aromatic N) is 3. The Morgan fingerprint density at radius 1 is 1.25 bits per heavy atom. The van der Waals surface area contributed by atoms with Crippen LogP contribution < -0.4 is 0 Å². The fourth-order valence-corrected chi connectivity index (χ4v) is 2.10. The van der Waals surface area contributed by atoms with E-state index in [1.54, 1.807) is 24.5 Å². The molecule has 20 heavy (non-hydrogen) atoms. The van der Waals surface area contributed by atoms with Crippen LogP contribution in [0, 0.1) is 6.92 Å². The predicted octanol–water partition coefficient (Wildman–Crippen LogP) is 2.49. The minimum Gasteiger partial charge on any atom is -0.478 e. The lowest BCUT2D eigenvalue weighted by Crippen LogP contribution is -2.00. The molecule has 100 valence electrons. The largest absolute Gasteiger partial charge is 0.478 e. The number of hydrogen-bond acceptors (Lipinski definition) is 3. The van der Waals surface area contributed by atoms with Crippen LogP contribution in [0.1, 0.15) is 21.6 Å². The van der Waals surface area contributed by atoms with Gasteiger partial charge in [0.05, 0.1) is 29.5 Å². The van der Waals surface area contributed by atoms with Crippen molar-refractivity contribution in [3.8, 4) is 0 Å². The molecule has 2 heterocycles. The van der Waals surface area contributed by atoms with Crippen LogP contribution >= 0.6 is 0 Å². The van der Waals surface area contributed by atoms with Gasteiger partial charge in [-0.05, 0) is 36.8 Å². The number of aromatic nitrogens is 3. The lowest BCUT2D eigenvalue weighted by Gasteiger charge is -2.05. The SMILES string of the molecule is Cc1ccc(Cn2cnc3ccc(C(=O)O)cc32)cn1. The summed E-state index contributed by atoms with van der Waals surface area (Å²) in [6.07, 6.45) is 3.54. The Hall–Kier alpha value is -2.69. The third kappa shape index (κ3) is 2.25. The number of hydrogen-bond donors (Lipinski definition) is 1. The van der Waals surface area contributed by atoms with E-state index >= 15 is 0 Å². The van der Waals surface area contributed by atoms with Gasteiger partial charge in [0.2, 0.25) is 0 Å². The number of imidazole rings is 1. The molecule has 0 spiro atoms. The van der Waals surface area contributed by atoms with E-state index in [2.05, 4.69) is 9.97 Å². The molecule has 0 aliphatic heterocycles. The van der Waals surface area contributed by atoms with Crippen molar-refractivity contribution in [3.05, 3.63) is 59.7 Å². The van der Waals surface area contributed by atoms with Crippen molar-refractivity contribution in [2.45, 2.75) is 13.5 Å². The van der Waals surface area contributed by atoms with Gasteiger partial charge in [-0.2, -0.15) is 0 Å². The Kier molecular flexibility index (Phi) is 2.95. The van der Waals surface area contributed by atoms with Crippen LogP contribution in [0.2, 0.25) is 0 Å². The second-order valence-electron chi connectivity index (χ2n) is 4.69. The third-order valence-electron chi connectivity index (χ3n) is 3.19. The number of rotatable bonds is 3. The van der Waals surface area contributed by atoms with Gasteiger partial charge in [0.25, 0.3) is 0 Å². The zero-order valence-corrected chi connectivity index (χ0v) is 10.9. The first kappa shape index (κ1) is 12.3. The molecule has 0 amide bonds. The molecule has 0 saturated heterocycles. The van der Waals surface area contributed by atoms with E-state index in [9.17, 15) is 4.79 Å². The standard InChI is InChI=1S/C15H13N3O2/c1-10-2-3-11(7-16-10)8-18-9-17-13-5-4-12(15(19)20)6-14(13)18/h2-7,9H,8H2,1H3,(H,19,20). The second kappa shape index (κ2) is 4.77. The molecular formula is C15H13N3O2. The van der Waals surface area contributed by atoms with Gasteiger partial charge in [0.1, 0.15) is 0 Å². The molecule has 2 aromatic heterocycles. The smallest absolute Gasteiger partial charge is 0.335 e. The van der Waals surface area contributed by atoms with Crippen molar-refractivity contribution in [2.75, 3.05) is 0 Å². The number of carboxylic acids is 1. The van der Waals surface area contributed by atoms with Gasteiger partial charge in [-0.3, -0.25) is 4.98 Å². The highest BCUT2D eigenvalue weighted by atomic mass is 16.4. The van der Waals surface area contributed by atoms with Gasteiger partial charge in [0, 0.05) is 11.9 Å². The average molecular weight is 267 g/mol. The van der Waals surface area contributed by atoms with Gasteiger partial charge >= 0.3 is 5.97 Å². The van der Waals surface area contributed by atoms with Crippen LogP contribution in [0.5, 0.6) is 0 Å². The number of pyridine rings is 1. The number of benzene rings is 1. The normalized spacial score (nSPS) is 10.8. The van der Waals surface area contributed by atoms with Crippen LogP contribution in [0.25, 0.3) is 11.0 Å². The summed E-state index contributed by atoms with van der Waals surface area (Å²) in [5.74, 6) is -0.934. The molecule has 0 radical (unpaired) electrons. The lowest BCUT2D eigenvalue weighted by molar-refractivity contribution is 0.0697. The van der Waals surface area contributed by atoms with Crippen LogP contribution in [-0.2, 0) is 6.54 Å². The van der Waals surface area contributed by atoms with Gasteiger partial charge < -0.3 is 9.67 Å². The highest BCUT2D eigenvalue weighted by molar-refractivity contribution is 5.92. The maximum Gasteiger partial charge on any atom is 0.335 e. The molecule has 3 aromatic rings. The van der Waals surface area contributed by atoms with Gasteiger partial charge in [0.15, 0.2) is 0 Å². The molecule has 0 unspecified atom stereocenters. The summed E-state index contributed by atoms with van der Waals surface area (Å²) in [5.41, 5.74) is 3.88. The molecule has 0 fully saturated rings. The summed E-state index contributed by atoms with van der Waals surface area (Å²) < 4.78 is 1.92. The lowest BCUT2D eigenvalue weighted by atomic mass is 10.2. The molecule has 0 saturated carbocycles. The van der Waals surface area contributed by atoms with Crippen molar-refractivity contribution in [3.63, 3.8) is 0 Å². The number of carbonyl (C=O) groups is 1. The van der Waals surface area contributed by atoms with E-state index in [-0.39, 0.29) is 5.56 Å². The zero-order chi connectivity index (χ0) is 14.1. The number of fused-ring (bicyclic) bond motifs is 1. The Bertz CT molecular complexity index is 775. The Morgan fingerprint density at radius 3 is 2.80 bits per heavy atom. The van der Waals surface area contributed by atoms with Crippen LogP contribution in [0.15, 0.2) is 42.9 Å². The molecule has 3 rings (SSSR count). The summed E-state index contributed by atoms with van der Waals surface area (Å²) in [7, 11) is 0. The first-order valence-electron chi connectivity index (χ1n) is 6.23. The molecule has 0 bridgehead atoms. The van der Waals surface area contributed by atoms with E-state index < -0.39 is 5.97 Å². The van der Waals surface area contributed by atoms with Crippen LogP contribution in [-0.4, -0.2) is 25.6 Å². The Labute approximate surface area is 115 Å². The first-order valence-corrected chi connectivity index (χ1v) is 6.23. The van der Waals surface area contributed by atoms with Crippen molar-refractivity contribution in [2.24, 2.45) is 0 Å². The van der Waals surface area contributed by atoms with Crippen LogP contribution in [0.4, 0.5) is 0 Å². The monoisotopic (exact) mass is 267 g/mol. The van der Waals surface area contributed by atoms with E-state index in [0.29, 0.717) is 6.54 Å². The minimum absolute atomic E-state index is 0.265. The average Bonchev–Trinajstić information content (AvgIpc) is 2.84. The first-order chi connectivity index (χ1) is 9.63. The maximum absolute atomic E-state index is 11.0. The molecule has 0 atom stereocenters. The molecule has 1 N–H and O–H groups in total. The maximum atomic E-state index is 11.0. The molecule has 5 nitrogen and oxygen atoms in total. The van der Waals surface area contributed by atoms with E-state index in [0.717, 1.165) is 22.3 Å².